The highest BCUT2D eigenvalue weighted by Gasteiger charge is 2.55. The Kier molecular flexibility index (Phi) is 7.87. The standard InChI is InChI=1S/C19H27N3O8/c1-11(2)14(24)20-17(27-8-7-23)21(15(25)12(3)4)19-22(16(26)13(5)6)18(20)28-9-10-29-30-19/h17-19,23H,1,3,5,7-10H2,2,4,6H3. The van der Waals surface area contributed by atoms with Gasteiger partial charge in [0.2, 0.25) is 12.7 Å². The van der Waals surface area contributed by atoms with Gasteiger partial charge in [-0.1, -0.05) is 19.7 Å². The summed E-state index contributed by atoms with van der Waals surface area (Å²) in [5.41, 5.74) is 0.306. The summed E-state index contributed by atoms with van der Waals surface area (Å²) in [5.74, 6) is -1.96. The van der Waals surface area contributed by atoms with Gasteiger partial charge in [-0.05, 0) is 20.8 Å². The number of aliphatic hydroxyl groups excluding tert-OH is 1. The third kappa shape index (κ3) is 4.60. The van der Waals surface area contributed by atoms with E-state index in [-0.39, 0.29) is 43.1 Å². The minimum absolute atomic E-state index is 0.0194. The molecule has 2 bridgehead atoms. The smallest absolute Gasteiger partial charge is 0.255 e. The summed E-state index contributed by atoms with van der Waals surface area (Å²) in [5, 5.41) is 9.25. The molecule has 2 rings (SSSR count). The van der Waals surface area contributed by atoms with Crippen LogP contribution in [0.2, 0.25) is 0 Å². The van der Waals surface area contributed by atoms with Crippen LogP contribution in [0.3, 0.4) is 0 Å². The van der Waals surface area contributed by atoms with Crippen molar-refractivity contribution in [3.8, 4) is 0 Å². The zero-order valence-corrected chi connectivity index (χ0v) is 17.3. The minimum atomic E-state index is -1.46. The molecule has 11 nitrogen and oxygen atoms in total. The first-order valence-corrected chi connectivity index (χ1v) is 9.20. The monoisotopic (exact) mass is 425 g/mol. The quantitative estimate of drug-likeness (QED) is 0.469. The predicted molar refractivity (Wildman–Crippen MR) is 102 cm³/mol. The predicted octanol–water partition coefficient (Wildman–Crippen LogP) is 0.0522. The second-order valence-corrected chi connectivity index (χ2v) is 6.84. The summed E-state index contributed by atoms with van der Waals surface area (Å²) < 4.78 is 11.4. The van der Waals surface area contributed by atoms with Crippen LogP contribution in [0.5, 0.6) is 0 Å². The first-order valence-electron chi connectivity index (χ1n) is 9.20. The van der Waals surface area contributed by atoms with Crippen molar-refractivity contribution in [2.45, 2.75) is 39.8 Å². The van der Waals surface area contributed by atoms with Crippen molar-refractivity contribution < 1.29 is 38.7 Å². The van der Waals surface area contributed by atoms with Gasteiger partial charge in [0, 0.05) is 16.7 Å². The van der Waals surface area contributed by atoms with Crippen LogP contribution in [-0.2, 0) is 33.6 Å². The van der Waals surface area contributed by atoms with Crippen LogP contribution in [0.4, 0.5) is 0 Å². The summed E-state index contributed by atoms with van der Waals surface area (Å²) in [6, 6.07) is 0. The van der Waals surface area contributed by atoms with Gasteiger partial charge in [0.05, 0.1) is 19.8 Å². The molecule has 3 amide bonds. The Balaban J connectivity index is 2.71. The van der Waals surface area contributed by atoms with Gasteiger partial charge in [0.25, 0.3) is 24.1 Å². The van der Waals surface area contributed by atoms with Gasteiger partial charge in [-0.15, -0.1) is 0 Å². The SMILES string of the molecule is C=C(C)C(=O)N1C(OCCO)N(C(=O)C(=C)C)C2OOCCOC1N2C(=O)C(=C)C. The maximum Gasteiger partial charge on any atom is 0.255 e. The molecule has 3 atom stereocenters. The van der Waals surface area contributed by atoms with Crippen molar-refractivity contribution in [2.75, 3.05) is 26.4 Å². The Morgan fingerprint density at radius 1 is 0.900 bits per heavy atom. The van der Waals surface area contributed by atoms with Crippen LogP contribution in [-0.4, -0.2) is 83.0 Å². The lowest BCUT2D eigenvalue weighted by Crippen LogP contribution is -2.76. The van der Waals surface area contributed by atoms with Crippen LogP contribution < -0.4 is 0 Å². The van der Waals surface area contributed by atoms with E-state index in [1.165, 1.54) is 20.8 Å². The highest BCUT2D eigenvalue weighted by Crippen LogP contribution is 2.33. The lowest BCUT2D eigenvalue weighted by Gasteiger charge is -2.55. The van der Waals surface area contributed by atoms with E-state index in [0.717, 1.165) is 14.7 Å². The Morgan fingerprint density at radius 2 is 1.40 bits per heavy atom. The molecule has 0 radical (unpaired) electrons. The number of amides is 3. The van der Waals surface area contributed by atoms with Gasteiger partial charge in [-0.2, -0.15) is 4.89 Å². The van der Waals surface area contributed by atoms with Crippen molar-refractivity contribution in [1.29, 1.82) is 0 Å². The zero-order valence-electron chi connectivity index (χ0n) is 17.3. The Morgan fingerprint density at radius 3 is 1.90 bits per heavy atom. The molecule has 30 heavy (non-hydrogen) atoms. The van der Waals surface area contributed by atoms with Crippen molar-refractivity contribution in [2.24, 2.45) is 0 Å². The second kappa shape index (κ2) is 9.96. The molecule has 0 aromatic carbocycles. The fraction of sp³-hybridized carbons (Fsp3) is 0.526. The maximum atomic E-state index is 13.1. The highest BCUT2D eigenvalue weighted by molar-refractivity contribution is 5.97. The fourth-order valence-corrected chi connectivity index (χ4v) is 2.86. The van der Waals surface area contributed by atoms with Crippen LogP contribution in [0.1, 0.15) is 20.8 Å². The van der Waals surface area contributed by atoms with E-state index in [9.17, 15) is 19.5 Å². The van der Waals surface area contributed by atoms with Crippen LogP contribution in [0.25, 0.3) is 0 Å². The molecule has 2 fully saturated rings. The number of carbonyl (C=O) groups is 3. The highest BCUT2D eigenvalue weighted by atomic mass is 17.2. The van der Waals surface area contributed by atoms with E-state index in [1.807, 2.05) is 0 Å². The van der Waals surface area contributed by atoms with Gasteiger partial charge in [0.15, 0.2) is 0 Å². The molecule has 3 unspecified atom stereocenters. The van der Waals surface area contributed by atoms with Gasteiger partial charge in [-0.3, -0.25) is 14.4 Å². The summed E-state index contributed by atoms with van der Waals surface area (Å²) in [6.07, 6.45) is -4.18. The van der Waals surface area contributed by atoms with Crippen LogP contribution in [0.15, 0.2) is 36.5 Å². The first-order chi connectivity index (χ1) is 14.1. The Hall–Kier alpha value is -2.57. The molecule has 2 heterocycles. The molecule has 166 valence electrons. The third-order valence-electron chi connectivity index (χ3n) is 4.17. The third-order valence-corrected chi connectivity index (χ3v) is 4.17. The first kappa shape index (κ1) is 23.7. The Labute approximate surface area is 174 Å². The number of rotatable bonds is 6. The molecular formula is C19H27N3O8. The number of fused-ring (bicyclic) bond motifs is 2. The summed E-state index contributed by atoms with van der Waals surface area (Å²) >= 11 is 0. The largest absolute Gasteiger partial charge is 0.394 e. The molecular weight excluding hydrogens is 398 g/mol. The average Bonchev–Trinajstić information content (AvgIpc) is 2.68. The summed E-state index contributed by atoms with van der Waals surface area (Å²) in [4.78, 5) is 52.6. The van der Waals surface area contributed by atoms with E-state index in [4.69, 9.17) is 19.2 Å². The molecule has 0 saturated carbocycles. The van der Waals surface area contributed by atoms with E-state index < -0.39 is 36.8 Å². The van der Waals surface area contributed by atoms with E-state index in [0.29, 0.717) is 0 Å². The van der Waals surface area contributed by atoms with Gasteiger partial charge >= 0.3 is 0 Å². The molecule has 2 aliphatic rings. The lowest BCUT2D eigenvalue weighted by atomic mass is 10.2. The molecule has 0 aromatic heterocycles. The number of hydrogen-bond donors (Lipinski definition) is 1. The molecule has 2 saturated heterocycles. The van der Waals surface area contributed by atoms with Gasteiger partial charge in [0.1, 0.15) is 6.61 Å². The van der Waals surface area contributed by atoms with E-state index in [2.05, 4.69) is 19.7 Å². The summed E-state index contributed by atoms with van der Waals surface area (Å²) in [7, 11) is 0. The van der Waals surface area contributed by atoms with Crippen molar-refractivity contribution in [1.82, 2.24) is 14.7 Å². The minimum Gasteiger partial charge on any atom is -0.394 e. The van der Waals surface area contributed by atoms with Crippen LogP contribution in [0, 0.1) is 0 Å². The van der Waals surface area contributed by atoms with Gasteiger partial charge in [-0.25, -0.2) is 19.6 Å². The molecule has 1 N–H and O–H groups in total. The number of aliphatic hydroxyl groups is 1. The Bertz CT molecular complexity index is 708. The number of hydrogen-bond acceptors (Lipinski definition) is 8. The lowest BCUT2D eigenvalue weighted by molar-refractivity contribution is -0.443. The fourth-order valence-electron chi connectivity index (χ4n) is 2.86. The van der Waals surface area contributed by atoms with E-state index in [1.54, 1.807) is 0 Å². The molecule has 0 aliphatic carbocycles. The van der Waals surface area contributed by atoms with E-state index >= 15 is 0 Å². The number of nitrogens with zero attached hydrogens (tertiary/aromatic N) is 3. The maximum absolute atomic E-state index is 13.1. The number of carbonyl (C=O) groups excluding carboxylic acids is 3. The average molecular weight is 425 g/mol. The zero-order chi connectivity index (χ0) is 22.6. The van der Waals surface area contributed by atoms with Crippen molar-refractivity contribution in [3.63, 3.8) is 0 Å². The molecule has 11 heteroatoms. The van der Waals surface area contributed by atoms with Crippen molar-refractivity contribution >= 4 is 17.7 Å². The molecule has 2 aliphatic heterocycles. The second-order valence-electron chi connectivity index (χ2n) is 6.84. The summed E-state index contributed by atoms with van der Waals surface area (Å²) in [6.45, 7) is 14.7. The van der Waals surface area contributed by atoms with Crippen LogP contribution >= 0.6 is 0 Å². The topological polar surface area (TPSA) is 118 Å². The molecule has 0 aromatic rings. The molecule has 0 spiro atoms. The normalized spacial score (nSPS) is 24.0. The van der Waals surface area contributed by atoms with Crippen molar-refractivity contribution in [3.05, 3.63) is 36.5 Å². The van der Waals surface area contributed by atoms with Gasteiger partial charge < -0.3 is 14.6 Å². The number of ether oxygens (including phenoxy) is 2.